The molecule has 0 spiro atoms. The van der Waals surface area contributed by atoms with Gasteiger partial charge < -0.3 is 18.9 Å². The lowest BCUT2D eigenvalue weighted by atomic mass is 10.1. The van der Waals surface area contributed by atoms with Gasteiger partial charge in [-0.3, -0.25) is 4.18 Å². The Hall–Kier alpha value is -2.04. The predicted molar refractivity (Wildman–Crippen MR) is 113 cm³/mol. The van der Waals surface area contributed by atoms with E-state index in [1.54, 1.807) is 7.11 Å². The maximum atomic E-state index is 13.7. The first-order valence-electron chi connectivity index (χ1n) is 10.0. The molecule has 0 fully saturated rings. The third kappa shape index (κ3) is 9.75. The average Bonchev–Trinajstić information content (AvgIpc) is 2.77. The molecular formula is C22H29FO7S. The van der Waals surface area contributed by atoms with Crippen molar-refractivity contribution in [3.05, 3.63) is 59.9 Å². The van der Waals surface area contributed by atoms with E-state index in [0.717, 1.165) is 17.7 Å². The maximum absolute atomic E-state index is 13.7. The normalized spacial score (nSPS) is 11.5. The molecule has 2 rings (SSSR count). The molecule has 0 aliphatic carbocycles. The Balaban J connectivity index is 1.79. The highest BCUT2D eigenvalue weighted by atomic mass is 32.2. The Morgan fingerprint density at radius 2 is 1.52 bits per heavy atom. The fourth-order valence-electron chi connectivity index (χ4n) is 2.62. The van der Waals surface area contributed by atoms with Crippen LogP contribution in [0.3, 0.4) is 0 Å². The van der Waals surface area contributed by atoms with Gasteiger partial charge in [-0.2, -0.15) is 8.42 Å². The first kappa shape index (κ1) is 25.2. The first-order chi connectivity index (χ1) is 15.0. The zero-order valence-electron chi connectivity index (χ0n) is 17.6. The van der Waals surface area contributed by atoms with Gasteiger partial charge in [0.05, 0.1) is 39.6 Å². The molecular weight excluding hydrogens is 427 g/mol. The highest BCUT2D eigenvalue weighted by Gasteiger charge is 2.22. The van der Waals surface area contributed by atoms with Gasteiger partial charge in [0.15, 0.2) is 0 Å². The van der Waals surface area contributed by atoms with Crippen LogP contribution in [0.15, 0.2) is 53.4 Å². The van der Waals surface area contributed by atoms with E-state index in [4.69, 9.17) is 23.1 Å². The van der Waals surface area contributed by atoms with E-state index < -0.39 is 15.9 Å². The van der Waals surface area contributed by atoms with Crippen LogP contribution in [-0.2, 0) is 34.9 Å². The minimum Gasteiger partial charge on any atom is -0.490 e. The molecule has 0 N–H and O–H groups in total. The number of rotatable bonds is 16. The van der Waals surface area contributed by atoms with Crippen LogP contribution in [0.2, 0.25) is 0 Å². The number of ether oxygens (including phenoxy) is 4. The quantitative estimate of drug-likeness (QED) is 0.283. The largest absolute Gasteiger partial charge is 0.490 e. The molecule has 0 aliphatic heterocycles. The predicted octanol–water partition coefficient (Wildman–Crippen LogP) is 3.22. The number of aryl methyl sites for hydroxylation is 1. The second-order valence-corrected chi connectivity index (χ2v) is 8.11. The second-order valence-electron chi connectivity index (χ2n) is 6.52. The first-order valence-corrected chi connectivity index (χ1v) is 11.4. The van der Waals surface area contributed by atoms with Gasteiger partial charge in [-0.05, 0) is 36.6 Å². The van der Waals surface area contributed by atoms with Crippen molar-refractivity contribution in [3.8, 4) is 5.75 Å². The summed E-state index contributed by atoms with van der Waals surface area (Å²) < 4.78 is 64.8. The fourth-order valence-corrected chi connectivity index (χ4v) is 3.72. The van der Waals surface area contributed by atoms with Gasteiger partial charge in [-0.15, -0.1) is 0 Å². The molecule has 0 amide bonds. The molecule has 0 heterocycles. The minimum atomic E-state index is -4.17. The van der Waals surface area contributed by atoms with Crippen molar-refractivity contribution < 1.29 is 35.9 Å². The van der Waals surface area contributed by atoms with Crippen molar-refractivity contribution in [1.82, 2.24) is 0 Å². The van der Waals surface area contributed by atoms with E-state index in [2.05, 4.69) is 0 Å². The third-order valence-electron chi connectivity index (χ3n) is 4.16. The molecule has 0 saturated heterocycles. The molecule has 0 saturated carbocycles. The Morgan fingerprint density at radius 1 is 0.839 bits per heavy atom. The van der Waals surface area contributed by atoms with Crippen molar-refractivity contribution in [3.63, 3.8) is 0 Å². The smallest absolute Gasteiger partial charge is 0.300 e. The molecule has 0 aliphatic rings. The maximum Gasteiger partial charge on any atom is 0.300 e. The van der Waals surface area contributed by atoms with Crippen molar-refractivity contribution in [1.29, 1.82) is 0 Å². The van der Waals surface area contributed by atoms with Crippen molar-refractivity contribution in [2.75, 3.05) is 53.4 Å². The topological polar surface area (TPSA) is 80.3 Å². The standard InChI is InChI=1S/C22H29FO7S/c1-26-12-13-27-14-15-28-16-17-29-21-10-9-20(23)18-22(21)31(24,25)30-11-5-8-19-6-3-2-4-7-19/h2-4,6-7,9-10,18H,5,8,11-17H2,1H3. The Labute approximate surface area is 183 Å². The molecule has 0 bridgehead atoms. The van der Waals surface area contributed by atoms with E-state index in [9.17, 15) is 12.8 Å². The van der Waals surface area contributed by atoms with E-state index in [1.807, 2.05) is 30.3 Å². The summed E-state index contributed by atoms with van der Waals surface area (Å²) in [5, 5.41) is 0. The molecule has 0 radical (unpaired) electrons. The molecule has 2 aromatic carbocycles. The van der Waals surface area contributed by atoms with E-state index >= 15 is 0 Å². The number of methoxy groups -OCH3 is 1. The monoisotopic (exact) mass is 456 g/mol. The molecule has 0 aromatic heterocycles. The highest BCUT2D eigenvalue weighted by molar-refractivity contribution is 7.86. The van der Waals surface area contributed by atoms with Crippen LogP contribution in [0.5, 0.6) is 5.75 Å². The summed E-state index contributed by atoms with van der Waals surface area (Å²) in [6.45, 7) is 2.09. The van der Waals surface area contributed by atoms with E-state index in [0.29, 0.717) is 39.3 Å². The summed E-state index contributed by atoms with van der Waals surface area (Å²) in [5.74, 6) is -0.673. The summed E-state index contributed by atoms with van der Waals surface area (Å²) >= 11 is 0. The second kappa shape index (κ2) is 14.1. The molecule has 2 aromatic rings. The lowest BCUT2D eigenvalue weighted by molar-refractivity contribution is 0.0177. The molecule has 7 nitrogen and oxygen atoms in total. The van der Waals surface area contributed by atoms with Gasteiger partial charge in [0.2, 0.25) is 0 Å². The van der Waals surface area contributed by atoms with Gasteiger partial charge >= 0.3 is 10.1 Å². The summed E-state index contributed by atoms with van der Waals surface area (Å²) in [5.41, 5.74) is 1.09. The molecule has 9 heteroatoms. The number of halogens is 1. The van der Waals surface area contributed by atoms with E-state index in [-0.39, 0.29) is 30.5 Å². The van der Waals surface area contributed by atoms with Crippen LogP contribution >= 0.6 is 0 Å². The van der Waals surface area contributed by atoms with Crippen molar-refractivity contribution in [2.24, 2.45) is 0 Å². The summed E-state index contributed by atoms with van der Waals surface area (Å²) in [7, 11) is -2.57. The Bertz CT molecular complexity index is 859. The van der Waals surface area contributed by atoms with Crippen LogP contribution in [0.4, 0.5) is 4.39 Å². The Morgan fingerprint density at radius 3 is 2.23 bits per heavy atom. The number of benzene rings is 2. The van der Waals surface area contributed by atoms with Gasteiger partial charge in [0, 0.05) is 7.11 Å². The zero-order valence-corrected chi connectivity index (χ0v) is 18.4. The minimum absolute atomic E-state index is 0.0145. The number of hydrogen-bond donors (Lipinski definition) is 0. The molecule has 0 atom stereocenters. The summed E-state index contributed by atoms with van der Waals surface area (Å²) in [6.07, 6.45) is 1.18. The third-order valence-corrected chi connectivity index (χ3v) is 5.49. The van der Waals surface area contributed by atoms with Crippen LogP contribution in [-0.4, -0.2) is 61.8 Å². The highest BCUT2D eigenvalue weighted by Crippen LogP contribution is 2.26. The summed E-state index contributed by atoms with van der Waals surface area (Å²) in [4.78, 5) is -0.338. The van der Waals surface area contributed by atoms with Crippen LogP contribution in [0.1, 0.15) is 12.0 Å². The zero-order chi connectivity index (χ0) is 22.4. The Kier molecular flexibility index (Phi) is 11.5. The fraction of sp³-hybridized carbons (Fsp3) is 0.455. The van der Waals surface area contributed by atoms with Crippen LogP contribution < -0.4 is 4.74 Å². The number of hydrogen-bond acceptors (Lipinski definition) is 7. The van der Waals surface area contributed by atoms with Crippen LogP contribution in [0, 0.1) is 5.82 Å². The van der Waals surface area contributed by atoms with Gasteiger partial charge in [-0.25, -0.2) is 4.39 Å². The van der Waals surface area contributed by atoms with Gasteiger partial charge in [0.1, 0.15) is 23.1 Å². The van der Waals surface area contributed by atoms with Gasteiger partial charge in [-0.1, -0.05) is 30.3 Å². The molecule has 172 valence electrons. The van der Waals surface area contributed by atoms with E-state index in [1.165, 1.54) is 6.07 Å². The molecule has 31 heavy (non-hydrogen) atoms. The van der Waals surface area contributed by atoms with Gasteiger partial charge in [0.25, 0.3) is 0 Å². The summed E-state index contributed by atoms with van der Waals surface area (Å²) in [6, 6.07) is 13.0. The SMILES string of the molecule is COCCOCCOCCOc1ccc(F)cc1S(=O)(=O)OCCCc1ccccc1. The lowest BCUT2D eigenvalue weighted by Gasteiger charge is -2.13. The molecule has 0 unspecified atom stereocenters. The lowest BCUT2D eigenvalue weighted by Crippen LogP contribution is -2.14. The average molecular weight is 457 g/mol. The van der Waals surface area contributed by atoms with Crippen molar-refractivity contribution >= 4 is 10.1 Å². The van der Waals surface area contributed by atoms with Crippen molar-refractivity contribution in [2.45, 2.75) is 17.7 Å². The van der Waals surface area contributed by atoms with Crippen LogP contribution in [0.25, 0.3) is 0 Å².